The summed E-state index contributed by atoms with van der Waals surface area (Å²) in [6.45, 7) is 5.72. The summed E-state index contributed by atoms with van der Waals surface area (Å²) in [5, 5.41) is 14.0. The lowest BCUT2D eigenvalue weighted by Crippen LogP contribution is -2.20. The fourth-order valence-corrected chi connectivity index (χ4v) is 3.10. The molecule has 4 heterocycles. The summed E-state index contributed by atoms with van der Waals surface area (Å²) in [5.41, 5.74) is 3.11. The van der Waals surface area contributed by atoms with Crippen LogP contribution in [0.5, 0.6) is 0 Å². The van der Waals surface area contributed by atoms with Crippen molar-refractivity contribution >= 4 is 23.6 Å². The number of hydrogen-bond acceptors (Lipinski definition) is 7. The molecular formula is C18H21N7O. The lowest BCUT2D eigenvalue weighted by atomic mass is 10.3. The Morgan fingerprint density at radius 3 is 2.58 bits per heavy atom. The molecule has 0 atom stereocenters. The van der Waals surface area contributed by atoms with Crippen LogP contribution in [0, 0.1) is 13.8 Å². The first kappa shape index (κ1) is 16.6. The Kier molecular flexibility index (Phi) is 4.34. The molecule has 8 nitrogen and oxygen atoms in total. The molecular weight excluding hydrogens is 330 g/mol. The molecule has 0 saturated carbocycles. The van der Waals surface area contributed by atoms with Crippen molar-refractivity contribution in [1.82, 2.24) is 29.5 Å². The average molecular weight is 351 g/mol. The van der Waals surface area contributed by atoms with Crippen molar-refractivity contribution in [3.8, 4) is 0 Å². The highest BCUT2D eigenvalue weighted by molar-refractivity contribution is 5.65. The minimum atomic E-state index is -0.110. The maximum Gasteiger partial charge on any atom is 0.177 e. The quantitative estimate of drug-likeness (QED) is 0.766. The summed E-state index contributed by atoms with van der Waals surface area (Å²) >= 11 is 0. The van der Waals surface area contributed by atoms with E-state index >= 15 is 0 Å². The molecule has 8 heteroatoms. The number of hydrogen-bond donors (Lipinski definition) is 1. The smallest absolute Gasteiger partial charge is 0.177 e. The number of aryl methyl sites for hydroxylation is 2. The molecule has 0 aliphatic carbocycles. The van der Waals surface area contributed by atoms with Crippen LogP contribution in [-0.2, 0) is 6.61 Å². The van der Waals surface area contributed by atoms with Gasteiger partial charge in [-0.1, -0.05) is 0 Å². The van der Waals surface area contributed by atoms with Gasteiger partial charge in [0.05, 0.1) is 23.7 Å². The van der Waals surface area contributed by atoms with Gasteiger partial charge in [-0.05, 0) is 38.8 Å². The van der Waals surface area contributed by atoms with Crippen molar-refractivity contribution < 1.29 is 5.11 Å². The van der Waals surface area contributed by atoms with E-state index in [4.69, 9.17) is 0 Å². The van der Waals surface area contributed by atoms with Gasteiger partial charge in [-0.25, -0.2) is 19.5 Å². The van der Waals surface area contributed by atoms with Crippen molar-refractivity contribution in [2.45, 2.75) is 33.3 Å². The summed E-state index contributed by atoms with van der Waals surface area (Å²) in [5.74, 6) is 1.98. The van der Waals surface area contributed by atoms with Crippen LogP contribution < -0.4 is 4.90 Å². The molecule has 3 aromatic rings. The highest BCUT2D eigenvalue weighted by Gasteiger charge is 2.15. The van der Waals surface area contributed by atoms with E-state index in [1.807, 2.05) is 19.9 Å². The Hall–Kier alpha value is -2.87. The molecule has 0 spiro atoms. The van der Waals surface area contributed by atoms with Gasteiger partial charge < -0.3 is 10.0 Å². The van der Waals surface area contributed by atoms with Crippen molar-refractivity contribution in [1.29, 1.82) is 0 Å². The molecule has 0 bridgehead atoms. The highest BCUT2D eigenvalue weighted by atomic mass is 16.3. The topological polar surface area (TPSA) is 92.3 Å². The van der Waals surface area contributed by atoms with Crippen LogP contribution in [0.4, 0.5) is 5.82 Å². The Morgan fingerprint density at radius 1 is 1.08 bits per heavy atom. The lowest BCUT2D eigenvalue weighted by molar-refractivity contribution is 0.276. The fraction of sp³-hybridized carbons (Fsp3) is 0.389. The lowest BCUT2D eigenvalue weighted by Gasteiger charge is -2.17. The van der Waals surface area contributed by atoms with Crippen LogP contribution in [-0.4, -0.2) is 47.7 Å². The highest BCUT2D eigenvalue weighted by Crippen LogP contribution is 2.19. The molecule has 1 saturated heterocycles. The zero-order valence-electron chi connectivity index (χ0n) is 14.9. The maximum absolute atomic E-state index is 9.50. The Labute approximate surface area is 151 Å². The van der Waals surface area contributed by atoms with Gasteiger partial charge in [0.15, 0.2) is 17.3 Å². The molecule has 4 rings (SSSR count). The predicted octanol–water partition coefficient (Wildman–Crippen LogP) is 1.79. The molecule has 0 aromatic carbocycles. The van der Waals surface area contributed by atoms with E-state index in [2.05, 4.69) is 29.9 Å². The average Bonchev–Trinajstić information content (AvgIpc) is 3.33. The molecule has 0 amide bonds. The molecule has 26 heavy (non-hydrogen) atoms. The van der Waals surface area contributed by atoms with Gasteiger partial charge in [-0.15, -0.1) is 5.10 Å². The molecule has 0 radical (unpaired) electrons. The third-order valence-corrected chi connectivity index (χ3v) is 4.48. The summed E-state index contributed by atoms with van der Waals surface area (Å²) in [4.78, 5) is 20.0. The summed E-state index contributed by atoms with van der Waals surface area (Å²) in [6.07, 6.45) is 7.69. The first-order valence-electron chi connectivity index (χ1n) is 8.75. The predicted molar refractivity (Wildman–Crippen MR) is 98.6 cm³/mol. The second kappa shape index (κ2) is 6.80. The summed E-state index contributed by atoms with van der Waals surface area (Å²) in [7, 11) is 0. The molecule has 1 N–H and O–H groups in total. The van der Waals surface area contributed by atoms with E-state index in [0.717, 1.165) is 35.9 Å². The number of aliphatic hydroxyl groups excluding tert-OH is 1. The van der Waals surface area contributed by atoms with Crippen molar-refractivity contribution in [3.63, 3.8) is 0 Å². The standard InChI is InChI=1S/C18H21N7O/c1-12-10-19-13(2)18-22-16(23-25(12)18)6-5-15-20-14(11-26)9-17(21-15)24-7-3-4-8-24/h5-6,9-10,26H,3-4,7-8,11H2,1-2H3/b6-5+. The van der Waals surface area contributed by atoms with Gasteiger partial charge in [0.25, 0.3) is 0 Å². The monoisotopic (exact) mass is 351 g/mol. The van der Waals surface area contributed by atoms with Crippen LogP contribution in [0.2, 0.25) is 0 Å². The van der Waals surface area contributed by atoms with Gasteiger partial charge in [0, 0.05) is 25.4 Å². The minimum Gasteiger partial charge on any atom is -0.390 e. The van der Waals surface area contributed by atoms with E-state index in [0.29, 0.717) is 17.3 Å². The van der Waals surface area contributed by atoms with Crippen LogP contribution in [0.3, 0.4) is 0 Å². The number of anilines is 1. The van der Waals surface area contributed by atoms with Crippen molar-refractivity contribution in [2.24, 2.45) is 0 Å². The van der Waals surface area contributed by atoms with E-state index in [1.54, 1.807) is 22.9 Å². The molecule has 1 aliphatic rings. The summed E-state index contributed by atoms with van der Waals surface area (Å²) < 4.78 is 1.78. The number of aliphatic hydroxyl groups is 1. The third kappa shape index (κ3) is 3.15. The first-order valence-corrected chi connectivity index (χ1v) is 8.75. The molecule has 3 aromatic heterocycles. The molecule has 1 aliphatic heterocycles. The van der Waals surface area contributed by atoms with E-state index < -0.39 is 0 Å². The second-order valence-corrected chi connectivity index (χ2v) is 6.45. The van der Waals surface area contributed by atoms with Crippen LogP contribution >= 0.6 is 0 Å². The third-order valence-electron chi connectivity index (χ3n) is 4.48. The second-order valence-electron chi connectivity index (χ2n) is 6.45. The van der Waals surface area contributed by atoms with Gasteiger partial charge in [-0.3, -0.25) is 4.98 Å². The van der Waals surface area contributed by atoms with E-state index in [-0.39, 0.29) is 6.61 Å². The van der Waals surface area contributed by atoms with Gasteiger partial charge in [0.2, 0.25) is 0 Å². The Balaban J connectivity index is 1.67. The Bertz CT molecular complexity index is 934. The number of rotatable bonds is 4. The van der Waals surface area contributed by atoms with Crippen LogP contribution in [0.15, 0.2) is 12.3 Å². The Morgan fingerprint density at radius 2 is 1.85 bits per heavy atom. The van der Waals surface area contributed by atoms with Crippen molar-refractivity contribution in [3.05, 3.63) is 41.0 Å². The maximum atomic E-state index is 9.50. The number of fused-ring (bicyclic) bond motifs is 1. The fourth-order valence-electron chi connectivity index (χ4n) is 3.10. The molecule has 0 unspecified atom stereocenters. The van der Waals surface area contributed by atoms with Crippen LogP contribution in [0.25, 0.3) is 17.8 Å². The molecule has 1 fully saturated rings. The van der Waals surface area contributed by atoms with Gasteiger partial charge in [0.1, 0.15) is 5.82 Å². The molecule has 134 valence electrons. The van der Waals surface area contributed by atoms with E-state index in [1.165, 1.54) is 12.8 Å². The van der Waals surface area contributed by atoms with Gasteiger partial charge >= 0.3 is 0 Å². The van der Waals surface area contributed by atoms with Gasteiger partial charge in [-0.2, -0.15) is 0 Å². The van der Waals surface area contributed by atoms with E-state index in [9.17, 15) is 5.11 Å². The largest absolute Gasteiger partial charge is 0.390 e. The van der Waals surface area contributed by atoms with Crippen LogP contribution in [0.1, 0.15) is 41.6 Å². The minimum absolute atomic E-state index is 0.110. The number of aromatic nitrogens is 6. The first-order chi connectivity index (χ1) is 12.6. The zero-order chi connectivity index (χ0) is 18.1. The summed E-state index contributed by atoms with van der Waals surface area (Å²) in [6, 6.07) is 1.85. The zero-order valence-corrected chi connectivity index (χ0v) is 14.9. The SMILES string of the molecule is Cc1ncc(C)n2nc(/C=C/c3nc(CO)cc(N4CCCC4)n3)nc12. The van der Waals surface area contributed by atoms with Crippen molar-refractivity contribution in [2.75, 3.05) is 18.0 Å². The number of nitrogens with zero attached hydrogens (tertiary/aromatic N) is 7. The normalized spacial score (nSPS) is 14.8.